The molecule has 0 amide bonds. The van der Waals surface area contributed by atoms with Crippen molar-refractivity contribution in [2.24, 2.45) is 0 Å². The average molecular weight is 220 g/mol. The van der Waals surface area contributed by atoms with Crippen molar-refractivity contribution >= 4 is 5.69 Å². The monoisotopic (exact) mass is 220 g/mol. The van der Waals surface area contributed by atoms with Crippen molar-refractivity contribution in [3.63, 3.8) is 0 Å². The lowest BCUT2D eigenvalue weighted by molar-refractivity contribution is 0.396. The number of methoxy groups -OCH3 is 1. The smallest absolute Gasteiger partial charge is 0.142 e. The summed E-state index contributed by atoms with van der Waals surface area (Å²) in [7, 11) is 1.73. The largest absolute Gasteiger partial charge is 0.495 e. The van der Waals surface area contributed by atoms with E-state index in [4.69, 9.17) is 4.74 Å². The molecule has 1 aliphatic heterocycles. The second-order valence-electron chi connectivity index (χ2n) is 4.44. The van der Waals surface area contributed by atoms with Gasteiger partial charge in [-0.05, 0) is 26.0 Å². The molecule has 1 aromatic rings. The average Bonchev–Trinajstić information content (AvgIpc) is 2.29. The molecule has 3 heteroatoms. The molecule has 0 aromatic heterocycles. The maximum atomic E-state index is 5.43. The van der Waals surface area contributed by atoms with Crippen LogP contribution in [0.2, 0.25) is 0 Å². The van der Waals surface area contributed by atoms with E-state index in [2.05, 4.69) is 36.2 Å². The van der Waals surface area contributed by atoms with Crippen molar-refractivity contribution in [2.75, 3.05) is 25.1 Å². The second kappa shape index (κ2) is 4.74. The van der Waals surface area contributed by atoms with E-state index in [0.29, 0.717) is 12.1 Å². The van der Waals surface area contributed by atoms with Crippen LogP contribution in [0.4, 0.5) is 5.69 Å². The van der Waals surface area contributed by atoms with Gasteiger partial charge in [0.25, 0.3) is 0 Å². The molecule has 1 heterocycles. The Kier molecular flexibility index (Phi) is 3.34. The first-order chi connectivity index (χ1) is 7.74. The topological polar surface area (TPSA) is 24.5 Å². The first kappa shape index (κ1) is 11.3. The van der Waals surface area contributed by atoms with E-state index in [9.17, 15) is 0 Å². The van der Waals surface area contributed by atoms with Crippen LogP contribution in [0.5, 0.6) is 5.75 Å². The van der Waals surface area contributed by atoms with Crippen molar-refractivity contribution in [3.05, 3.63) is 24.3 Å². The van der Waals surface area contributed by atoms with E-state index >= 15 is 0 Å². The summed E-state index contributed by atoms with van der Waals surface area (Å²) in [6.45, 7) is 6.55. The summed E-state index contributed by atoms with van der Waals surface area (Å²) in [5.41, 5.74) is 1.20. The Morgan fingerprint density at radius 1 is 1.19 bits per heavy atom. The fraction of sp³-hybridized carbons (Fsp3) is 0.538. The summed E-state index contributed by atoms with van der Waals surface area (Å²) in [4.78, 5) is 2.44. The van der Waals surface area contributed by atoms with Gasteiger partial charge in [0.1, 0.15) is 5.75 Å². The molecule has 1 N–H and O–H groups in total. The Morgan fingerprint density at radius 2 is 1.81 bits per heavy atom. The summed E-state index contributed by atoms with van der Waals surface area (Å²) >= 11 is 0. The van der Waals surface area contributed by atoms with E-state index in [0.717, 1.165) is 18.8 Å². The molecule has 88 valence electrons. The summed E-state index contributed by atoms with van der Waals surface area (Å²) in [5.74, 6) is 0.961. The molecule has 0 aliphatic carbocycles. The van der Waals surface area contributed by atoms with Crippen molar-refractivity contribution in [2.45, 2.75) is 25.9 Å². The number of hydrogen-bond acceptors (Lipinski definition) is 3. The molecule has 0 spiro atoms. The number of ether oxygens (including phenoxy) is 1. The Balaban J connectivity index is 2.33. The van der Waals surface area contributed by atoms with Gasteiger partial charge in [-0.15, -0.1) is 0 Å². The standard InChI is InChI=1S/C13H20N2O/c1-10-8-14-9-11(2)15(10)12-6-4-5-7-13(12)16-3/h4-7,10-11,14H,8-9H2,1-3H3/t10-,11-/m0/s1. The molecular formula is C13H20N2O. The van der Waals surface area contributed by atoms with Crippen molar-refractivity contribution in [3.8, 4) is 5.75 Å². The molecule has 0 bridgehead atoms. The highest BCUT2D eigenvalue weighted by Gasteiger charge is 2.26. The van der Waals surface area contributed by atoms with Crippen molar-refractivity contribution in [1.29, 1.82) is 0 Å². The van der Waals surface area contributed by atoms with Crippen LogP contribution >= 0.6 is 0 Å². The zero-order valence-corrected chi connectivity index (χ0v) is 10.2. The number of hydrogen-bond donors (Lipinski definition) is 1. The number of rotatable bonds is 2. The predicted octanol–water partition coefficient (Wildman–Crippen LogP) is 1.88. The number of nitrogens with zero attached hydrogens (tertiary/aromatic N) is 1. The van der Waals surface area contributed by atoms with Gasteiger partial charge in [-0.1, -0.05) is 12.1 Å². The van der Waals surface area contributed by atoms with Crippen molar-refractivity contribution < 1.29 is 4.74 Å². The Labute approximate surface area is 97.4 Å². The van der Waals surface area contributed by atoms with Crippen LogP contribution in [0, 0.1) is 0 Å². The third-order valence-electron chi connectivity index (χ3n) is 3.19. The van der Waals surface area contributed by atoms with Crippen LogP contribution < -0.4 is 15.0 Å². The molecule has 1 aromatic carbocycles. The predicted molar refractivity (Wildman–Crippen MR) is 67.3 cm³/mol. The summed E-state index contributed by atoms with van der Waals surface area (Å²) in [6.07, 6.45) is 0. The zero-order valence-electron chi connectivity index (χ0n) is 10.2. The number of para-hydroxylation sites is 2. The molecule has 16 heavy (non-hydrogen) atoms. The van der Waals surface area contributed by atoms with Gasteiger partial charge in [-0.25, -0.2) is 0 Å². The maximum Gasteiger partial charge on any atom is 0.142 e. The zero-order chi connectivity index (χ0) is 11.5. The van der Waals surface area contributed by atoms with Crippen LogP contribution in [0.3, 0.4) is 0 Å². The number of piperazine rings is 1. The maximum absolute atomic E-state index is 5.43. The molecule has 0 saturated carbocycles. The minimum Gasteiger partial charge on any atom is -0.495 e. The minimum absolute atomic E-state index is 0.500. The Hall–Kier alpha value is -1.22. The van der Waals surface area contributed by atoms with E-state index in [1.807, 2.05) is 12.1 Å². The molecule has 0 unspecified atom stereocenters. The molecule has 2 atom stereocenters. The third kappa shape index (κ3) is 2.00. The van der Waals surface area contributed by atoms with E-state index < -0.39 is 0 Å². The number of anilines is 1. The van der Waals surface area contributed by atoms with Crippen LogP contribution in [-0.2, 0) is 0 Å². The minimum atomic E-state index is 0.500. The van der Waals surface area contributed by atoms with Gasteiger partial charge < -0.3 is 15.0 Å². The summed E-state index contributed by atoms with van der Waals surface area (Å²) in [5, 5.41) is 3.44. The van der Waals surface area contributed by atoms with Crippen LogP contribution in [-0.4, -0.2) is 32.3 Å². The normalized spacial score (nSPS) is 25.6. The number of nitrogens with one attached hydrogen (secondary N) is 1. The lowest BCUT2D eigenvalue weighted by Gasteiger charge is -2.41. The van der Waals surface area contributed by atoms with Gasteiger partial charge in [0, 0.05) is 25.2 Å². The third-order valence-corrected chi connectivity index (χ3v) is 3.19. The molecule has 1 aliphatic rings. The molecule has 0 radical (unpaired) electrons. The highest BCUT2D eigenvalue weighted by Crippen LogP contribution is 2.31. The van der Waals surface area contributed by atoms with Crippen molar-refractivity contribution in [1.82, 2.24) is 5.32 Å². The lowest BCUT2D eigenvalue weighted by atomic mass is 10.1. The summed E-state index contributed by atoms with van der Waals surface area (Å²) < 4.78 is 5.43. The van der Waals surface area contributed by atoms with Gasteiger partial charge >= 0.3 is 0 Å². The van der Waals surface area contributed by atoms with E-state index in [1.165, 1.54) is 5.69 Å². The first-order valence-electron chi connectivity index (χ1n) is 5.86. The Bertz CT molecular complexity index is 344. The van der Waals surface area contributed by atoms with Gasteiger partial charge in [-0.3, -0.25) is 0 Å². The molecule has 1 saturated heterocycles. The highest BCUT2D eigenvalue weighted by atomic mass is 16.5. The van der Waals surface area contributed by atoms with Gasteiger partial charge in [0.15, 0.2) is 0 Å². The van der Waals surface area contributed by atoms with Crippen LogP contribution in [0.25, 0.3) is 0 Å². The Morgan fingerprint density at radius 3 is 2.44 bits per heavy atom. The molecule has 1 fully saturated rings. The molecule has 2 rings (SSSR count). The van der Waals surface area contributed by atoms with Gasteiger partial charge in [-0.2, -0.15) is 0 Å². The number of benzene rings is 1. The summed E-state index contributed by atoms with van der Waals surface area (Å²) in [6, 6.07) is 9.24. The quantitative estimate of drug-likeness (QED) is 0.823. The molecule has 3 nitrogen and oxygen atoms in total. The van der Waals surface area contributed by atoms with Gasteiger partial charge in [0.05, 0.1) is 12.8 Å². The lowest BCUT2D eigenvalue weighted by Crippen LogP contribution is -2.55. The van der Waals surface area contributed by atoms with Crippen LogP contribution in [0.15, 0.2) is 24.3 Å². The molecular weight excluding hydrogens is 200 g/mol. The van der Waals surface area contributed by atoms with Crippen LogP contribution in [0.1, 0.15) is 13.8 Å². The second-order valence-corrected chi connectivity index (χ2v) is 4.44. The highest BCUT2D eigenvalue weighted by molar-refractivity contribution is 5.60. The fourth-order valence-corrected chi connectivity index (χ4v) is 2.45. The fourth-order valence-electron chi connectivity index (χ4n) is 2.45. The SMILES string of the molecule is COc1ccccc1N1[C@@H](C)CNC[C@@H]1C. The first-order valence-corrected chi connectivity index (χ1v) is 5.86. The van der Waals surface area contributed by atoms with E-state index in [-0.39, 0.29) is 0 Å². The van der Waals surface area contributed by atoms with E-state index in [1.54, 1.807) is 7.11 Å². The van der Waals surface area contributed by atoms with Gasteiger partial charge in [0.2, 0.25) is 0 Å².